The highest BCUT2D eigenvalue weighted by molar-refractivity contribution is 9.09. The van der Waals surface area contributed by atoms with Gasteiger partial charge in [-0.2, -0.15) is 0 Å². The molecule has 3 rings (SSSR count). The fourth-order valence-corrected chi connectivity index (χ4v) is 9.54. The molecule has 2 amide bonds. The first-order chi connectivity index (χ1) is 17.0. The van der Waals surface area contributed by atoms with Gasteiger partial charge < -0.3 is 19.6 Å². The number of likely N-dealkylation sites (tertiary alicyclic amines) is 1. The first-order valence-electron chi connectivity index (χ1n) is 13.0. The first-order valence-corrected chi connectivity index (χ1v) is 14.8. The van der Waals surface area contributed by atoms with E-state index in [2.05, 4.69) is 29.1 Å². The molecular weight excluding hydrogens is 544 g/mol. The molecule has 0 aromatic rings. The summed E-state index contributed by atoms with van der Waals surface area (Å²) in [6, 6.07) is -0.673. The molecule has 202 valence electrons. The smallest absolute Gasteiger partial charge is 0.310 e. The van der Waals surface area contributed by atoms with Crippen LogP contribution in [-0.2, 0) is 19.1 Å². The topological polar surface area (TPSA) is 87.1 Å². The van der Waals surface area contributed by atoms with E-state index in [0.29, 0.717) is 39.0 Å². The molecule has 9 heteroatoms. The van der Waals surface area contributed by atoms with Gasteiger partial charge in [0.25, 0.3) is 0 Å². The Morgan fingerprint density at radius 2 is 1.97 bits per heavy atom. The van der Waals surface area contributed by atoms with Crippen LogP contribution in [0.3, 0.4) is 0 Å². The maximum Gasteiger partial charge on any atom is 0.310 e. The Kier molecular flexibility index (Phi) is 9.77. The van der Waals surface area contributed by atoms with Crippen molar-refractivity contribution >= 4 is 45.5 Å². The average Bonchev–Trinajstić information content (AvgIpc) is 3.40. The number of nitrogens with zero attached hydrogens (tertiary/aromatic N) is 2. The second-order valence-corrected chi connectivity index (χ2v) is 13.7. The number of aliphatic hydroxyl groups is 1. The number of aliphatic hydroxyl groups excluding tert-OH is 1. The molecule has 1 N–H and O–H groups in total. The Hall–Kier alpha value is -1.32. The van der Waals surface area contributed by atoms with Gasteiger partial charge in [0.2, 0.25) is 11.8 Å². The molecule has 3 aliphatic heterocycles. The molecule has 3 unspecified atom stereocenters. The molecule has 0 aromatic carbocycles. The Bertz CT molecular complexity index is 862. The van der Waals surface area contributed by atoms with Crippen molar-refractivity contribution in [2.24, 2.45) is 11.8 Å². The van der Waals surface area contributed by atoms with Crippen LogP contribution < -0.4 is 0 Å². The number of ether oxygens (including phenoxy) is 1. The Morgan fingerprint density at radius 3 is 2.58 bits per heavy atom. The number of esters is 1. The number of hydrogen-bond acceptors (Lipinski definition) is 6. The van der Waals surface area contributed by atoms with Crippen molar-refractivity contribution < 1.29 is 24.2 Å². The van der Waals surface area contributed by atoms with Crippen LogP contribution in [0.4, 0.5) is 0 Å². The third kappa shape index (κ3) is 5.44. The molecule has 0 aromatic heterocycles. The van der Waals surface area contributed by atoms with Crippen LogP contribution in [0.25, 0.3) is 0 Å². The van der Waals surface area contributed by atoms with Crippen LogP contribution in [-0.4, -0.2) is 85.4 Å². The number of rotatable bonds is 13. The third-order valence-electron chi connectivity index (χ3n) is 7.54. The van der Waals surface area contributed by atoms with E-state index < -0.39 is 28.2 Å². The maximum absolute atomic E-state index is 14.2. The predicted octanol–water partition coefficient (Wildman–Crippen LogP) is 3.94. The van der Waals surface area contributed by atoms with E-state index in [1.165, 1.54) is 0 Å². The van der Waals surface area contributed by atoms with Gasteiger partial charge in [-0.3, -0.25) is 14.4 Å². The van der Waals surface area contributed by atoms with Crippen molar-refractivity contribution in [2.75, 3.05) is 26.3 Å². The van der Waals surface area contributed by atoms with Crippen LogP contribution in [0, 0.1) is 11.8 Å². The normalized spacial score (nSPS) is 30.9. The predicted molar refractivity (Wildman–Crippen MR) is 147 cm³/mol. The van der Waals surface area contributed by atoms with Crippen molar-refractivity contribution in [3.05, 3.63) is 25.3 Å². The third-order valence-corrected chi connectivity index (χ3v) is 10.8. The lowest BCUT2D eigenvalue weighted by molar-refractivity contribution is -0.154. The van der Waals surface area contributed by atoms with Gasteiger partial charge in [-0.05, 0) is 59.3 Å². The molecule has 36 heavy (non-hydrogen) atoms. The zero-order valence-corrected chi connectivity index (χ0v) is 24.2. The highest BCUT2D eigenvalue weighted by atomic mass is 79.9. The van der Waals surface area contributed by atoms with Crippen LogP contribution in [0.5, 0.6) is 0 Å². The zero-order valence-electron chi connectivity index (χ0n) is 21.8. The van der Waals surface area contributed by atoms with E-state index in [-0.39, 0.29) is 34.5 Å². The minimum atomic E-state index is -0.691. The number of allylic oxidation sites excluding steroid dienone is 1. The summed E-state index contributed by atoms with van der Waals surface area (Å²) in [7, 11) is 0. The van der Waals surface area contributed by atoms with E-state index in [1.807, 2.05) is 26.8 Å². The number of thioether (sulfide) groups is 1. The molecule has 2 bridgehead atoms. The fraction of sp³-hybridized carbons (Fsp3) is 0.741. The zero-order chi connectivity index (χ0) is 26.7. The standard InChI is InChI=1S/C27H41BrN2O5S/c1-6-8-9-12-16-35-25(34)19-20-23(32)29(14-10-11-15-31)22(27(20)17-18(28)21(19)36-27)24(33)30(13-7-2)26(3,4)5/h6-7,18-22,31H,1-2,8-17H2,3-5H3/t18?,19-,20-,21-,22?,27?/m0/s1. The van der Waals surface area contributed by atoms with Gasteiger partial charge in [0.15, 0.2) is 0 Å². The lowest BCUT2D eigenvalue weighted by Crippen LogP contribution is -2.59. The minimum Gasteiger partial charge on any atom is -0.465 e. The summed E-state index contributed by atoms with van der Waals surface area (Å²) < 4.78 is 4.99. The van der Waals surface area contributed by atoms with Gasteiger partial charge in [0.1, 0.15) is 6.04 Å². The number of unbranched alkanes of at least 4 members (excludes halogenated alkanes) is 3. The number of alkyl halides is 1. The molecule has 0 aliphatic carbocycles. The van der Waals surface area contributed by atoms with Crippen LogP contribution >= 0.6 is 27.7 Å². The summed E-state index contributed by atoms with van der Waals surface area (Å²) in [6.07, 6.45) is 7.86. The molecular formula is C27H41BrN2O5S. The molecule has 0 saturated carbocycles. The molecule has 6 atom stereocenters. The van der Waals surface area contributed by atoms with Crippen molar-refractivity contribution in [3.8, 4) is 0 Å². The summed E-state index contributed by atoms with van der Waals surface area (Å²) in [4.78, 5) is 45.1. The Labute approximate surface area is 228 Å². The lowest BCUT2D eigenvalue weighted by Gasteiger charge is -2.42. The Balaban J connectivity index is 1.95. The molecule has 7 nitrogen and oxygen atoms in total. The molecule has 3 heterocycles. The van der Waals surface area contributed by atoms with E-state index in [0.717, 1.165) is 19.3 Å². The molecule has 0 radical (unpaired) electrons. The summed E-state index contributed by atoms with van der Waals surface area (Å²) in [6.45, 7) is 14.6. The van der Waals surface area contributed by atoms with Gasteiger partial charge in [0, 0.05) is 35.3 Å². The summed E-state index contributed by atoms with van der Waals surface area (Å²) >= 11 is 5.41. The molecule has 3 aliphatic rings. The number of hydrogen-bond donors (Lipinski definition) is 1. The highest BCUT2D eigenvalue weighted by Crippen LogP contribution is 2.68. The molecule has 1 spiro atoms. The van der Waals surface area contributed by atoms with Crippen LogP contribution in [0.2, 0.25) is 0 Å². The average molecular weight is 586 g/mol. The van der Waals surface area contributed by atoms with Gasteiger partial charge in [-0.15, -0.1) is 24.9 Å². The number of carbonyl (C=O) groups excluding carboxylic acids is 3. The number of fused-ring (bicyclic) bond motifs is 1. The van der Waals surface area contributed by atoms with Crippen molar-refractivity contribution in [1.82, 2.24) is 9.80 Å². The number of halogens is 1. The highest BCUT2D eigenvalue weighted by Gasteiger charge is 2.76. The lowest BCUT2D eigenvalue weighted by atomic mass is 9.71. The summed E-state index contributed by atoms with van der Waals surface area (Å²) in [5, 5.41) is 9.22. The molecule has 3 saturated heterocycles. The maximum atomic E-state index is 14.2. The van der Waals surface area contributed by atoms with Gasteiger partial charge in [-0.25, -0.2) is 0 Å². The largest absolute Gasteiger partial charge is 0.465 e. The first kappa shape index (κ1) is 29.2. The quantitative estimate of drug-likeness (QED) is 0.153. The van der Waals surface area contributed by atoms with E-state index in [9.17, 15) is 19.5 Å². The summed E-state index contributed by atoms with van der Waals surface area (Å²) in [5.74, 6) is -1.75. The monoisotopic (exact) mass is 584 g/mol. The second-order valence-electron chi connectivity index (χ2n) is 11.0. The van der Waals surface area contributed by atoms with Gasteiger partial charge in [0.05, 0.1) is 23.2 Å². The summed E-state index contributed by atoms with van der Waals surface area (Å²) in [5.41, 5.74) is -0.460. The fourth-order valence-electron chi connectivity index (χ4n) is 5.94. The van der Waals surface area contributed by atoms with Crippen LogP contribution in [0.1, 0.15) is 59.3 Å². The van der Waals surface area contributed by atoms with E-state index in [1.54, 1.807) is 27.6 Å². The minimum absolute atomic E-state index is 0.0139. The SMILES string of the molecule is C=CCCCCOC(=O)[C@H]1[C@H]2C(=O)N(CCCCO)C(C(=O)N(CC=C)C(C)(C)C)C23CC(Br)[C@@H]1S3. The van der Waals surface area contributed by atoms with Gasteiger partial charge >= 0.3 is 5.97 Å². The number of amides is 2. The second kappa shape index (κ2) is 12.0. The van der Waals surface area contributed by atoms with E-state index in [4.69, 9.17) is 4.74 Å². The molecule has 3 fully saturated rings. The van der Waals surface area contributed by atoms with Crippen molar-refractivity contribution in [3.63, 3.8) is 0 Å². The Morgan fingerprint density at radius 1 is 1.25 bits per heavy atom. The van der Waals surface area contributed by atoms with Gasteiger partial charge in [-0.1, -0.05) is 28.1 Å². The van der Waals surface area contributed by atoms with Crippen molar-refractivity contribution in [2.45, 2.75) is 85.7 Å². The van der Waals surface area contributed by atoms with E-state index >= 15 is 0 Å². The van der Waals surface area contributed by atoms with Crippen molar-refractivity contribution in [1.29, 1.82) is 0 Å². The van der Waals surface area contributed by atoms with Crippen LogP contribution in [0.15, 0.2) is 25.3 Å². The number of carbonyl (C=O) groups is 3.